The molecular formula is C15H12BrN3O2. The molecule has 0 aromatic heterocycles. The number of hydrogen-bond acceptors (Lipinski definition) is 4. The molecule has 0 heterocycles. The minimum Gasteiger partial charge on any atom is -0.370 e. The molecule has 0 radical (unpaired) electrons. The van der Waals surface area contributed by atoms with E-state index in [2.05, 4.69) is 22.0 Å². The van der Waals surface area contributed by atoms with Crippen LogP contribution in [-0.4, -0.2) is 12.0 Å². The quantitative estimate of drug-likeness (QED) is 0.623. The summed E-state index contributed by atoms with van der Waals surface area (Å²) in [7, 11) is 1.90. The van der Waals surface area contributed by atoms with E-state index >= 15 is 0 Å². The van der Waals surface area contributed by atoms with Gasteiger partial charge < -0.3 is 4.90 Å². The molecular weight excluding hydrogens is 334 g/mol. The molecule has 2 aromatic rings. The molecule has 0 aliphatic carbocycles. The minimum atomic E-state index is -0.407. The fourth-order valence-corrected chi connectivity index (χ4v) is 2.34. The fraction of sp³-hybridized carbons (Fsp3) is 0.133. The maximum absolute atomic E-state index is 10.9. The van der Waals surface area contributed by atoms with E-state index in [4.69, 9.17) is 5.26 Å². The molecule has 0 N–H and O–H groups in total. The Kier molecular flexibility index (Phi) is 4.55. The summed E-state index contributed by atoms with van der Waals surface area (Å²) in [6.45, 7) is 0.542. The van der Waals surface area contributed by atoms with Crippen LogP contribution in [0, 0.1) is 21.4 Å². The number of nitro groups is 1. The lowest BCUT2D eigenvalue weighted by Crippen LogP contribution is -2.16. The van der Waals surface area contributed by atoms with Crippen molar-refractivity contribution in [2.75, 3.05) is 11.9 Å². The monoisotopic (exact) mass is 345 g/mol. The Balaban J connectivity index is 2.19. The van der Waals surface area contributed by atoms with Crippen LogP contribution in [-0.2, 0) is 6.54 Å². The van der Waals surface area contributed by atoms with E-state index in [0.717, 1.165) is 11.3 Å². The van der Waals surface area contributed by atoms with Gasteiger partial charge in [-0.2, -0.15) is 5.26 Å². The first kappa shape index (κ1) is 15.0. The Labute approximate surface area is 130 Å². The van der Waals surface area contributed by atoms with Gasteiger partial charge >= 0.3 is 0 Å². The molecule has 5 nitrogen and oxygen atoms in total. The second kappa shape index (κ2) is 6.37. The van der Waals surface area contributed by atoms with Gasteiger partial charge in [-0.25, -0.2) is 0 Å². The van der Waals surface area contributed by atoms with E-state index in [9.17, 15) is 10.1 Å². The number of nitrogens with zero attached hydrogens (tertiary/aromatic N) is 3. The molecule has 0 fully saturated rings. The minimum absolute atomic E-state index is 0.0562. The first-order valence-corrected chi connectivity index (χ1v) is 6.94. The van der Waals surface area contributed by atoms with Gasteiger partial charge in [0.25, 0.3) is 5.69 Å². The predicted molar refractivity (Wildman–Crippen MR) is 84.1 cm³/mol. The van der Waals surface area contributed by atoms with Gasteiger partial charge in [0.15, 0.2) is 0 Å². The number of halogens is 1. The van der Waals surface area contributed by atoms with Gasteiger partial charge in [0.1, 0.15) is 0 Å². The van der Waals surface area contributed by atoms with Crippen molar-refractivity contribution in [1.82, 2.24) is 0 Å². The lowest BCUT2D eigenvalue weighted by Gasteiger charge is -2.19. The van der Waals surface area contributed by atoms with Gasteiger partial charge in [0.2, 0.25) is 0 Å². The Morgan fingerprint density at radius 1 is 1.29 bits per heavy atom. The third-order valence-corrected chi connectivity index (χ3v) is 3.73. The van der Waals surface area contributed by atoms with Crippen molar-refractivity contribution >= 4 is 27.3 Å². The highest BCUT2D eigenvalue weighted by atomic mass is 79.9. The number of rotatable bonds is 4. The van der Waals surface area contributed by atoms with Crippen molar-refractivity contribution in [2.24, 2.45) is 0 Å². The van der Waals surface area contributed by atoms with E-state index in [-0.39, 0.29) is 5.69 Å². The third-order valence-electron chi connectivity index (χ3n) is 3.06. The molecule has 0 spiro atoms. The van der Waals surface area contributed by atoms with Crippen molar-refractivity contribution in [3.8, 4) is 6.07 Å². The van der Waals surface area contributed by atoms with E-state index in [1.54, 1.807) is 24.3 Å². The summed E-state index contributed by atoms with van der Waals surface area (Å²) in [6, 6.07) is 14.4. The van der Waals surface area contributed by atoms with Crippen LogP contribution in [0.4, 0.5) is 11.4 Å². The zero-order valence-corrected chi connectivity index (χ0v) is 12.9. The zero-order valence-electron chi connectivity index (χ0n) is 11.3. The number of anilines is 1. The predicted octanol–water partition coefficient (Wildman–Crippen LogP) is 3.87. The number of nitriles is 1. The SMILES string of the molecule is CN(Cc1ccc(Br)c([N+](=O)[O-])c1)c1ccc(C#N)cc1. The van der Waals surface area contributed by atoms with Crippen LogP contribution in [0.5, 0.6) is 0 Å². The largest absolute Gasteiger partial charge is 0.370 e. The Morgan fingerprint density at radius 2 is 1.95 bits per heavy atom. The molecule has 106 valence electrons. The average molecular weight is 346 g/mol. The van der Waals surface area contributed by atoms with Crippen molar-refractivity contribution in [3.63, 3.8) is 0 Å². The van der Waals surface area contributed by atoms with Gasteiger partial charge in [-0.3, -0.25) is 10.1 Å². The standard InChI is InChI=1S/C15H12BrN3O2/c1-18(13-5-2-11(9-17)3-6-13)10-12-4-7-14(16)15(8-12)19(20)21/h2-8H,10H2,1H3. The van der Waals surface area contributed by atoms with Gasteiger partial charge in [0, 0.05) is 25.3 Å². The van der Waals surface area contributed by atoms with Gasteiger partial charge in [-0.05, 0) is 51.8 Å². The van der Waals surface area contributed by atoms with E-state index in [1.807, 2.05) is 30.1 Å². The van der Waals surface area contributed by atoms with Crippen LogP contribution in [0.15, 0.2) is 46.9 Å². The third kappa shape index (κ3) is 3.58. The van der Waals surface area contributed by atoms with Crippen molar-refractivity contribution < 1.29 is 4.92 Å². The summed E-state index contributed by atoms with van der Waals surface area (Å²) < 4.78 is 0.470. The highest BCUT2D eigenvalue weighted by Crippen LogP contribution is 2.26. The van der Waals surface area contributed by atoms with Crippen LogP contribution in [0.25, 0.3) is 0 Å². The van der Waals surface area contributed by atoms with Crippen LogP contribution < -0.4 is 4.90 Å². The Bertz CT molecular complexity index is 708. The summed E-state index contributed by atoms with van der Waals surface area (Å²) in [5, 5.41) is 19.7. The van der Waals surface area contributed by atoms with Gasteiger partial charge in [-0.1, -0.05) is 6.07 Å². The molecule has 0 atom stereocenters. The molecule has 0 aliphatic heterocycles. The normalized spacial score (nSPS) is 9.95. The molecule has 0 aliphatic rings. The van der Waals surface area contributed by atoms with Crippen LogP contribution in [0.3, 0.4) is 0 Å². The summed E-state index contributed by atoms with van der Waals surface area (Å²) in [5.41, 5.74) is 2.45. The molecule has 0 saturated heterocycles. The van der Waals surface area contributed by atoms with Gasteiger partial charge in [-0.15, -0.1) is 0 Å². The summed E-state index contributed by atoms with van der Waals surface area (Å²) >= 11 is 3.17. The van der Waals surface area contributed by atoms with E-state index in [1.165, 1.54) is 0 Å². The molecule has 0 unspecified atom stereocenters. The highest BCUT2D eigenvalue weighted by molar-refractivity contribution is 9.10. The van der Waals surface area contributed by atoms with E-state index in [0.29, 0.717) is 16.6 Å². The molecule has 0 saturated carbocycles. The van der Waals surface area contributed by atoms with Crippen molar-refractivity contribution in [3.05, 3.63) is 68.2 Å². The van der Waals surface area contributed by atoms with Crippen molar-refractivity contribution in [1.29, 1.82) is 5.26 Å². The first-order chi connectivity index (χ1) is 10.0. The second-order valence-electron chi connectivity index (χ2n) is 4.56. The maximum Gasteiger partial charge on any atom is 0.283 e. The fourth-order valence-electron chi connectivity index (χ4n) is 1.95. The summed E-state index contributed by atoms with van der Waals surface area (Å²) in [4.78, 5) is 12.5. The smallest absolute Gasteiger partial charge is 0.283 e. The lowest BCUT2D eigenvalue weighted by atomic mass is 10.1. The Hall–Kier alpha value is -2.39. The summed E-state index contributed by atoms with van der Waals surface area (Å²) in [6.07, 6.45) is 0. The topological polar surface area (TPSA) is 70.2 Å². The molecule has 6 heteroatoms. The van der Waals surface area contributed by atoms with Crippen LogP contribution in [0.1, 0.15) is 11.1 Å². The number of benzene rings is 2. The van der Waals surface area contributed by atoms with Crippen molar-refractivity contribution in [2.45, 2.75) is 6.54 Å². The molecule has 21 heavy (non-hydrogen) atoms. The number of hydrogen-bond donors (Lipinski definition) is 0. The molecule has 2 rings (SSSR count). The lowest BCUT2D eigenvalue weighted by molar-refractivity contribution is -0.385. The number of nitro benzene ring substituents is 1. The highest BCUT2D eigenvalue weighted by Gasteiger charge is 2.13. The first-order valence-electron chi connectivity index (χ1n) is 6.15. The molecule has 0 bridgehead atoms. The average Bonchev–Trinajstić information content (AvgIpc) is 2.49. The molecule has 0 amide bonds. The molecule has 2 aromatic carbocycles. The summed E-state index contributed by atoms with van der Waals surface area (Å²) in [5.74, 6) is 0. The van der Waals surface area contributed by atoms with Crippen LogP contribution >= 0.6 is 15.9 Å². The van der Waals surface area contributed by atoms with E-state index < -0.39 is 4.92 Å². The van der Waals surface area contributed by atoms with Gasteiger partial charge in [0.05, 0.1) is 21.0 Å². The maximum atomic E-state index is 10.9. The Morgan fingerprint density at radius 3 is 2.52 bits per heavy atom. The van der Waals surface area contributed by atoms with Crippen LogP contribution in [0.2, 0.25) is 0 Å². The zero-order chi connectivity index (χ0) is 15.4. The second-order valence-corrected chi connectivity index (χ2v) is 5.41.